The Hall–Kier alpha value is -4.55. The molecule has 168 valence electrons. The van der Waals surface area contributed by atoms with Gasteiger partial charge in [-0.1, -0.05) is 23.7 Å². The minimum Gasteiger partial charge on any atom is -0.460 e. The van der Waals surface area contributed by atoms with Crippen LogP contribution in [0.3, 0.4) is 0 Å². The second-order valence-corrected chi connectivity index (χ2v) is 8.14. The average molecular weight is 474 g/mol. The summed E-state index contributed by atoms with van der Waals surface area (Å²) in [6.45, 7) is 1.77. The minimum atomic E-state index is -0.676. The van der Waals surface area contributed by atoms with E-state index in [1.165, 1.54) is 12.1 Å². The molecular weight excluding hydrogens is 458 g/mol. The molecule has 3 N–H and O–H groups in total. The highest BCUT2D eigenvalue weighted by atomic mass is 35.5. The summed E-state index contributed by atoms with van der Waals surface area (Å²) in [6, 6.07) is 17.3. The Morgan fingerprint density at radius 1 is 1.21 bits per heavy atom. The zero-order chi connectivity index (χ0) is 24.0. The monoisotopic (exact) mass is 473 g/mol. The number of furan rings is 1. The van der Waals surface area contributed by atoms with Gasteiger partial charge in [-0.05, 0) is 42.8 Å². The number of nitrogens with two attached hydrogens (primary N) is 1. The number of rotatable bonds is 4. The summed E-state index contributed by atoms with van der Waals surface area (Å²) < 4.78 is 11.8. The van der Waals surface area contributed by atoms with E-state index >= 15 is 0 Å². The minimum absolute atomic E-state index is 0.00409. The number of hydrogen-bond donors (Lipinski definition) is 2. The van der Waals surface area contributed by atoms with Crippen molar-refractivity contribution in [2.45, 2.75) is 12.8 Å². The molecule has 0 saturated carbocycles. The first-order chi connectivity index (χ1) is 16.4. The predicted molar refractivity (Wildman–Crippen MR) is 124 cm³/mol. The molecule has 5 rings (SSSR count). The van der Waals surface area contributed by atoms with E-state index in [2.05, 4.69) is 16.3 Å². The summed E-state index contributed by atoms with van der Waals surface area (Å²) in [6.07, 6.45) is 0. The van der Waals surface area contributed by atoms with E-state index in [-0.39, 0.29) is 23.0 Å². The SMILES string of the molecule is Cc1cc([N+](=O)[O-])ccc1-c1ccc([C@@H]2C(C#N)=C(N)Oc3n[nH]c(-c4ccc(Cl)cc4)c32)o1. The number of ether oxygens (including phenoxy) is 1. The molecule has 0 radical (unpaired) electrons. The molecule has 0 unspecified atom stereocenters. The summed E-state index contributed by atoms with van der Waals surface area (Å²) >= 11 is 6.04. The highest BCUT2D eigenvalue weighted by Gasteiger charge is 2.37. The van der Waals surface area contributed by atoms with Crippen molar-refractivity contribution in [3.63, 3.8) is 0 Å². The van der Waals surface area contributed by atoms with Crippen LogP contribution in [0.1, 0.15) is 22.8 Å². The lowest BCUT2D eigenvalue weighted by atomic mass is 9.86. The molecule has 34 heavy (non-hydrogen) atoms. The van der Waals surface area contributed by atoms with Crippen molar-refractivity contribution in [2.24, 2.45) is 5.73 Å². The van der Waals surface area contributed by atoms with Gasteiger partial charge in [0.1, 0.15) is 23.2 Å². The van der Waals surface area contributed by atoms with Crippen molar-refractivity contribution >= 4 is 17.3 Å². The number of allylic oxidation sites excluding steroid dienone is 1. The Kier molecular flexibility index (Phi) is 5.07. The molecule has 2 aromatic heterocycles. The quantitative estimate of drug-likeness (QED) is 0.297. The van der Waals surface area contributed by atoms with Crippen LogP contribution in [0.15, 0.2) is 70.5 Å². The van der Waals surface area contributed by atoms with Crippen LogP contribution in [-0.4, -0.2) is 15.1 Å². The normalized spacial score (nSPS) is 14.9. The molecule has 0 aliphatic carbocycles. The Morgan fingerprint density at radius 2 is 1.97 bits per heavy atom. The Morgan fingerprint density at radius 3 is 2.65 bits per heavy atom. The predicted octanol–water partition coefficient (Wildman–Crippen LogP) is 5.42. The molecule has 4 aromatic rings. The maximum atomic E-state index is 11.1. The van der Waals surface area contributed by atoms with Crippen molar-refractivity contribution in [3.05, 3.63) is 98.1 Å². The molecule has 2 aromatic carbocycles. The Balaban J connectivity index is 1.63. The van der Waals surface area contributed by atoms with Crippen LogP contribution >= 0.6 is 11.6 Å². The summed E-state index contributed by atoms with van der Waals surface area (Å²) in [5, 5.41) is 28.8. The number of H-pyrrole nitrogens is 1. The van der Waals surface area contributed by atoms with Crippen molar-refractivity contribution in [3.8, 4) is 34.5 Å². The van der Waals surface area contributed by atoms with Crippen LogP contribution in [0.2, 0.25) is 5.02 Å². The Bertz CT molecular complexity index is 1510. The number of aryl methyl sites for hydroxylation is 1. The van der Waals surface area contributed by atoms with E-state index in [0.29, 0.717) is 38.9 Å². The van der Waals surface area contributed by atoms with Crippen LogP contribution in [0.5, 0.6) is 5.88 Å². The molecular formula is C24H16ClN5O4. The maximum Gasteiger partial charge on any atom is 0.269 e. The van der Waals surface area contributed by atoms with Crippen LogP contribution in [0.25, 0.3) is 22.6 Å². The van der Waals surface area contributed by atoms with E-state index in [1.807, 2.05) is 12.1 Å². The molecule has 1 aliphatic heterocycles. The highest BCUT2D eigenvalue weighted by Crippen LogP contribution is 2.46. The first-order valence-electron chi connectivity index (χ1n) is 10.1. The molecule has 0 amide bonds. The average Bonchev–Trinajstić information content (AvgIpc) is 3.46. The summed E-state index contributed by atoms with van der Waals surface area (Å²) in [4.78, 5) is 10.6. The number of fused-ring (bicyclic) bond motifs is 1. The fourth-order valence-corrected chi connectivity index (χ4v) is 4.18. The van der Waals surface area contributed by atoms with Crippen molar-refractivity contribution in [1.29, 1.82) is 5.26 Å². The number of benzene rings is 2. The molecule has 9 nitrogen and oxygen atoms in total. The van der Waals surface area contributed by atoms with Gasteiger partial charge < -0.3 is 14.9 Å². The lowest BCUT2D eigenvalue weighted by Gasteiger charge is -2.22. The molecule has 0 spiro atoms. The number of hydrogen-bond acceptors (Lipinski definition) is 7. The summed E-state index contributed by atoms with van der Waals surface area (Å²) in [7, 11) is 0. The van der Waals surface area contributed by atoms with Gasteiger partial charge in [0.25, 0.3) is 5.69 Å². The highest BCUT2D eigenvalue weighted by molar-refractivity contribution is 6.30. The molecule has 3 heterocycles. The Labute approximate surface area is 198 Å². The van der Waals surface area contributed by atoms with Crippen molar-refractivity contribution in [2.75, 3.05) is 0 Å². The number of aromatic amines is 1. The van der Waals surface area contributed by atoms with Gasteiger partial charge in [0.05, 0.1) is 22.1 Å². The third-order valence-corrected chi connectivity index (χ3v) is 5.92. The topological polar surface area (TPSA) is 144 Å². The third kappa shape index (κ3) is 3.46. The first kappa shape index (κ1) is 21.3. The zero-order valence-corrected chi connectivity index (χ0v) is 18.5. The van der Waals surface area contributed by atoms with Gasteiger partial charge >= 0.3 is 0 Å². The van der Waals surface area contributed by atoms with Crippen LogP contribution in [0, 0.1) is 28.4 Å². The van der Waals surface area contributed by atoms with Gasteiger partial charge in [-0.2, -0.15) is 5.26 Å². The van der Waals surface area contributed by atoms with E-state index in [0.717, 1.165) is 5.56 Å². The van der Waals surface area contributed by atoms with Gasteiger partial charge in [0, 0.05) is 28.3 Å². The molecule has 1 aliphatic rings. The van der Waals surface area contributed by atoms with E-state index in [4.69, 9.17) is 26.5 Å². The van der Waals surface area contributed by atoms with Gasteiger partial charge in [0.2, 0.25) is 11.8 Å². The van der Waals surface area contributed by atoms with Gasteiger partial charge in [0.15, 0.2) is 0 Å². The molecule has 0 fully saturated rings. The fraction of sp³-hybridized carbons (Fsp3) is 0.0833. The van der Waals surface area contributed by atoms with E-state index < -0.39 is 10.8 Å². The standard InChI is InChI=1S/C24H16ClN5O4/c1-12-10-15(30(31)32)6-7-16(12)18-8-9-19(33-18)20-17(11-26)23(27)34-24-21(20)22(28-29-24)13-2-4-14(25)5-3-13/h2-10,20H,27H2,1H3,(H,28,29)/t20-/m0/s1. The number of nitrogens with zero attached hydrogens (tertiary/aromatic N) is 3. The van der Waals surface area contributed by atoms with Crippen LogP contribution < -0.4 is 10.5 Å². The molecule has 10 heteroatoms. The zero-order valence-electron chi connectivity index (χ0n) is 17.7. The summed E-state index contributed by atoms with van der Waals surface area (Å²) in [5.41, 5.74) is 9.65. The fourth-order valence-electron chi connectivity index (χ4n) is 4.06. The maximum absolute atomic E-state index is 11.1. The molecule has 0 bridgehead atoms. The van der Waals surface area contributed by atoms with Crippen LogP contribution in [-0.2, 0) is 0 Å². The lowest BCUT2D eigenvalue weighted by molar-refractivity contribution is -0.384. The van der Waals surface area contributed by atoms with E-state index in [1.54, 1.807) is 37.3 Å². The second kappa shape index (κ2) is 8.10. The number of halogens is 1. The lowest BCUT2D eigenvalue weighted by Crippen LogP contribution is -2.20. The molecule has 1 atom stereocenters. The number of nitro groups is 1. The third-order valence-electron chi connectivity index (χ3n) is 5.67. The van der Waals surface area contributed by atoms with Crippen LogP contribution in [0.4, 0.5) is 5.69 Å². The van der Waals surface area contributed by atoms with E-state index in [9.17, 15) is 15.4 Å². The smallest absolute Gasteiger partial charge is 0.269 e. The van der Waals surface area contributed by atoms with Crippen molar-refractivity contribution < 1.29 is 14.1 Å². The number of non-ortho nitro benzene ring substituents is 1. The molecule has 0 saturated heterocycles. The number of nitrogens with one attached hydrogen (secondary N) is 1. The van der Waals surface area contributed by atoms with Gasteiger partial charge in [-0.3, -0.25) is 15.2 Å². The second-order valence-electron chi connectivity index (χ2n) is 7.71. The number of nitriles is 1. The number of nitro benzene ring substituents is 1. The first-order valence-corrected chi connectivity index (χ1v) is 10.5. The summed E-state index contributed by atoms with van der Waals surface area (Å²) in [5.74, 6) is 0.469. The largest absolute Gasteiger partial charge is 0.460 e. The van der Waals surface area contributed by atoms with Crippen molar-refractivity contribution in [1.82, 2.24) is 10.2 Å². The number of aromatic nitrogens is 2. The van der Waals surface area contributed by atoms with Gasteiger partial charge in [-0.25, -0.2) is 0 Å². The van der Waals surface area contributed by atoms with Gasteiger partial charge in [-0.15, -0.1) is 5.10 Å².